The minimum atomic E-state index is -0.548. The van der Waals surface area contributed by atoms with Gasteiger partial charge in [-0.1, -0.05) is 55.3 Å². The molecule has 1 heterocycles. The third-order valence-corrected chi connectivity index (χ3v) is 6.38. The molecule has 2 aliphatic rings. The molecule has 0 bridgehead atoms. The Balaban J connectivity index is 1.62. The summed E-state index contributed by atoms with van der Waals surface area (Å²) in [5.74, 6) is -1.51. The number of aliphatic hydroxyl groups is 1. The number of cyclic esters (lactones) is 1. The van der Waals surface area contributed by atoms with E-state index in [1.54, 1.807) is 0 Å². The molecule has 2 atom stereocenters. The third kappa shape index (κ3) is 6.92. The van der Waals surface area contributed by atoms with Crippen LogP contribution in [-0.4, -0.2) is 48.2 Å². The molecule has 32 heavy (non-hydrogen) atoms. The van der Waals surface area contributed by atoms with Crippen molar-refractivity contribution in [1.82, 2.24) is 10.6 Å². The number of aliphatic hydroxyl groups excluding tert-OH is 1. The highest BCUT2D eigenvalue weighted by Crippen LogP contribution is 2.29. The molecule has 0 radical (unpaired) electrons. The van der Waals surface area contributed by atoms with Gasteiger partial charge in [-0.25, -0.2) is 0 Å². The largest absolute Gasteiger partial charge is 0.464 e. The number of hydrogen-bond acceptors (Lipinski definition) is 5. The zero-order valence-corrected chi connectivity index (χ0v) is 18.6. The van der Waals surface area contributed by atoms with Crippen LogP contribution in [-0.2, 0) is 25.5 Å². The van der Waals surface area contributed by atoms with Crippen LogP contribution in [0.2, 0.25) is 0 Å². The van der Waals surface area contributed by atoms with Crippen molar-refractivity contribution in [2.75, 3.05) is 19.8 Å². The number of ether oxygens (including phenoxy) is 1. The van der Waals surface area contributed by atoms with Gasteiger partial charge < -0.3 is 20.5 Å². The summed E-state index contributed by atoms with van der Waals surface area (Å²) >= 11 is 0. The Morgan fingerprint density at radius 3 is 2.47 bits per heavy atom. The Hall–Kier alpha value is -2.67. The summed E-state index contributed by atoms with van der Waals surface area (Å²) in [7, 11) is 0. The van der Waals surface area contributed by atoms with E-state index in [2.05, 4.69) is 10.6 Å². The monoisotopic (exact) mass is 442 g/mol. The van der Waals surface area contributed by atoms with Gasteiger partial charge in [0.15, 0.2) is 0 Å². The molecule has 0 aromatic heterocycles. The third-order valence-electron chi connectivity index (χ3n) is 6.38. The lowest BCUT2D eigenvalue weighted by Gasteiger charge is -2.28. The normalized spacial score (nSPS) is 24.0. The van der Waals surface area contributed by atoms with Crippen LogP contribution in [0.25, 0.3) is 0 Å². The van der Waals surface area contributed by atoms with Crippen LogP contribution in [0.5, 0.6) is 0 Å². The number of hydrogen-bond donors (Lipinski definition) is 3. The minimum absolute atomic E-state index is 0.0607. The van der Waals surface area contributed by atoms with E-state index in [0.29, 0.717) is 19.3 Å². The molecule has 1 aromatic carbocycles. The van der Waals surface area contributed by atoms with Crippen LogP contribution >= 0.6 is 0 Å². The van der Waals surface area contributed by atoms with Gasteiger partial charge in [-0.05, 0) is 37.7 Å². The first kappa shape index (κ1) is 24.0. The fraction of sp³-hybridized carbons (Fsp3) is 0.560. The van der Waals surface area contributed by atoms with Crippen LogP contribution in [0.1, 0.15) is 50.5 Å². The molecular weight excluding hydrogens is 408 g/mol. The summed E-state index contributed by atoms with van der Waals surface area (Å²) in [5.41, 5.74) is 0.524. The second kappa shape index (κ2) is 11.8. The van der Waals surface area contributed by atoms with E-state index in [4.69, 9.17) is 4.74 Å². The van der Waals surface area contributed by atoms with Crippen molar-refractivity contribution in [3.63, 3.8) is 0 Å². The first-order valence-corrected chi connectivity index (χ1v) is 11.6. The van der Waals surface area contributed by atoms with Crippen molar-refractivity contribution in [3.8, 4) is 0 Å². The topological polar surface area (TPSA) is 105 Å². The van der Waals surface area contributed by atoms with Crippen LogP contribution in [0.15, 0.2) is 42.5 Å². The smallest absolute Gasteiger partial charge is 0.309 e. The van der Waals surface area contributed by atoms with E-state index in [0.717, 1.165) is 31.2 Å². The molecule has 3 rings (SSSR count). The van der Waals surface area contributed by atoms with Crippen molar-refractivity contribution < 1.29 is 24.2 Å². The number of amides is 2. The molecule has 7 nitrogen and oxygen atoms in total. The molecule has 1 aliphatic heterocycles. The molecule has 2 amide bonds. The van der Waals surface area contributed by atoms with E-state index < -0.39 is 11.5 Å². The number of carbonyl (C=O) groups is 3. The van der Waals surface area contributed by atoms with Crippen LogP contribution in [0.3, 0.4) is 0 Å². The number of esters is 1. The van der Waals surface area contributed by atoms with Gasteiger partial charge in [0.05, 0.1) is 30.5 Å². The Morgan fingerprint density at radius 2 is 1.78 bits per heavy atom. The summed E-state index contributed by atoms with van der Waals surface area (Å²) in [6.45, 7) is 0.237. The molecule has 0 spiro atoms. The number of rotatable bonds is 6. The predicted octanol–water partition coefficient (Wildman–Crippen LogP) is 2.28. The molecule has 0 saturated heterocycles. The van der Waals surface area contributed by atoms with E-state index in [1.165, 1.54) is 0 Å². The SMILES string of the molecule is O=C(CC1CC=CCC(Cc2ccccc2)C(=O)OCCNC1=O)NC1(CO)CCCC1. The Kier molecular flexibility index (Phi) is 8.85. The van der Waals surface area contributed by atoms with Crippen LogP contribution < -0.4 is 10.6 Å². The number of benzene rings is 1. The Bertz CT molecular complexity index is 802. The lowest BCUT2D eigenvalue weighted by atomic mass is 9.93. The van der Waals surface area contributed by atoms with Gasteiger partial charge in [0.1, 0.15) is 6.61 Å². The van der Waals surface area contributed by atoms with Crippen molar-refractivity contribution in [2.45, 2.75) is 56.9 Å². The van der Waals surface area contributed by atoms with Gasteiger partial charge in [-0.2, -0.15) is 0 Å². The molecule has 1 aliphatic carbocycles. The van der Waals surface area contributed by atoms with Gasteiger partial charge >= 0.3 is 5.97 Å². The lowest BCUT2D eigenvalue weighted by molar-refractivity contribution is -0.148. The molecular formula is C25H34N2O5. The quantitative estimate of drug-likeness (QED) is 0.463. The van der Waals surface area contributed by atoms with E-state index >= 15 is 0 Å². The number of allylic oxidation sites excluding steroid dienone is 2. The maximum Gasteiger partial charge on any atom is 0.309 e. The maximum absolute atomic E-state index is 12.7. The standard InChI is InChI=1S/C25H34N2O5/c28-18-25(12-6-7-13-25)27-22(29)17-20-10-4-5-11-21(16-19-8-2-1-3-9-19)24(31)32-15-14-26-23(20)30/h1-5,8-9,20-21,28H,6-7,10-18H2,(H,26,30)(H,27,29). The van der Waals surface area contributed by atoms with Crippen LogP contribution in [0, 0.1) is 11.8 Å². The Morgan fingerprint density at radius 1 is 1.09 bits per heavy atom. The van der Waals surface area contributed by atoms with Crippen LogP contribution in [0.4, 0.5) is 0 Å². The van der Waals surface area contributed by atoms with Gasteiger partial charge in [-0.15, -0.1) is 0 Å². The van der Waals surface area contributed by atoms with Crippen molar-refractivity contribution in [3.05, 3.63) is 48.0 Å². The fourth-order valence-electron chi connectivity index (χ4n) is 4.50. The number of nitrogens with one attached hydrogen (secondary N) is 2. The summed E-state index contributed by atoms with van der Waals surface area (Å²) in [6.07, 6.45) is 8.85. The van der Waals surface area contributed by atoms with E-state index in [1.807, 2.05) is 42.5 Å². The van der Waals surface area contributed by atoms with E-state index in [9.17, 15) is 19.5 Å². The lowest BCUT2D eigenvalue weighted by Crippen LogP contribution is -2.50. The first-order valence-electron chi connectivity index (χ1n) is 11.6. The molecule has 1 aromatic rings. The molecule has 7 heteroatoms. The highest BCUT2D eigenvalue weighted by molar-refractivity contribution is 5.86. The second-order valence-electron chi connectivity index (χ2n) is 8.88. The minimum Gasteiger partial charge on any atom is -0.464 e. The van der Waals surface area contributed by atoms with Gasteiger partial charge in [0.25, 0.3) is 0 Å². The maximum atomic E-state index is 12.7. The Labute approximate surface area is 189 Å². The zero-order chi connectivity index (χ0) is 22.8. The predicted molar refractivity (Wildman–Crippen MR) is 121 cm³/mol. The van der Waals surface area contributed by atoms with Gasteiger partial charge in [0.2, 0.25) is 11.8 Å². The van der Waals surface area contributed by atoms with Crippen molar-refractivity contribution in [1.29, 1.82) is 0 Å². The zero-order valence-electron chi connectivity index (χ0n) is 18.6. The molecule has 1 fully saturated rings. The van der Waals surface area contributed by atoms with Gasteiger partial charge in [-0.3, -0.25) is 14.4 Å². The highest BCUT2D eigenvalue weighted by atomic mass is 16.5. The van der Waals surface area contributed by atoms with Crippen molar-refractivity contribution >= 4 is 17.8 Å². The summed E-state index contributed by atoms with van der Waals surface area (Å²) < 4.78 is 5.39. The first-order chi connectivity index (χ1) is 15.5. The molecule has 1 saturated carbocycles. The van der Waals surface area contributed by atoms with Gasteiger partial charge in [0, 0.05) is 6.42 Å². The average molecular weight is 443 g/mol. The van der Waals surface area contributed by atoms with E-state index in [-0.39, 0.29) is 49.9 Å². The summed E-state index contributed by atoms with van der Waals surface area (Å²) in [5, 5.41) is 15.5. The summed E-state index contributed by atoms with van der Waals surface area (Å²) in [6, 6.07) is 9.82. The second-order valence-corrected chi connectivity index (χ2v) is 8.88. The molecule has 3 N–H and O–H groups in total. The fourth-order valence-corrected chi connectivity index (χ4v) is 4.50. The van der Waals surface area contributed by atoms with Crippen molar-refractivity contribution in [2.24, 2.45) is 11.8 Å². The summed E-state index contributed by atoms with van der Waals surface area (Å²) in [4.78, 5) is 37.8. The molecule has 174 valence electrons. The highest BCUT2D eigenvalue weighted by Gasteiger charge is 2.35. The average Bonchev–Trinajstić information content (AvgIpc) is 3.26. The number of carbonyl (C=O) groups excluding carboxylic acids is 3. The molecule has 2 unspecified atom stereocenters.